The number of aliphatic hydroxyl groups is 1. The Morgan fingerprint density at radius 3 is 2.30 bits per heavy atom. The summed E-state index contributed by atoms with van der Waals surface area (Å²) in [5.41, 5.74) is 0. The zero-order valence-corrected chi connectivity index (χ0v) is 12.4. The number of hydrogen-bond acceptors (Lipinski definition) is 3. The van der Waals surface area contributed by atoms with Gasteiger partial charge in [-0.05, 0) is 50.5 Å². The molecular formula is C16H29NO3. The molecule has 3 N–H and O–H groups in total. The van der Waals surface area contributed by atoms with Gasteiger partial charge in [0.2, 0.25) is 0 Å². The summed E-state index contributed by atoms with van der Waals surface area (Å²) in [6, 6.07) is 0. The zero-order valence-electron chi connectivity index (χ0n) is 12.4. The molecule has 1 atom stereocenters. The smallest absolute Gasteiger partial charge is 0.306 e. The first-order valence-corrected chi connectivity index (χ1v) is 8.26. The molecule has 1 unspecified atom stereocenters. The van der Waals surface area contributed by atoms with E-state index in [1.54, 1.807) is 0 Å². The van der Waals surface area contributed by atoms with Gasteiger partial charge in [-0.2, -0.15) is 0 Å². The molecule has 0 spiro atoms. The Hall–Kier alpha value is -0.610. The van der Waals surface area contributed by atoms with Crippen LogP contribution >= 0.6 is 0 Å². The van der Waals surface area contributed by atoms with Crippen molar-refractivity contribution in [1.29, 1.82) is 0 Å². The molecule has 20 heavy (non-hydrogen) atoms. The monoisotopic (exact) mass is 283 g/mol. The standard InChI is InChI=1S/C16H29NO3/c18-15(9-12-3-1-2-4-12)11-17-10-13-5-7-14(8-6-13)16(19)20/h12-15,17-18H,1-11H2,(H,19,20). The van der Waals surface area contributed by atoms with Crippen molar-refractivity contribution in [3.8, 4) is 0 Å². The fraction of sp³-hybridized carbons (Fsp3) is 0.938. The molecule has 0 amide bonds. The summed E-state index contributed by atoms with van der Waals surface area (Å²) in [4.78, 5) is 10.9. The maximum Gasteiger partial charge on any atom is 0.306 e. The predicted molar refractivity (Wildman–Crippen MR) is 78.5 cm³/mol. The molecule has 0 radical (unpaired) electrons. The van der Waals surface area contributed by atoms with E-state index in [2.05, 4.69) is 5.32 Å². The molecule has 0 bridgehead atoms. The average molecular weight is 283 g/mol. The van der Waals surface area contributed by atoms with Crippen molar-refractivity contribution in [3.63, 3.8) is 0 Å². The number of rotatable bonds is 7. The maximum absolute atomic E-state index is 10.9. The lowest BCUT2D eigenvalue weighted by Crippen LogP contribution is -2.34. The van der Waals surface area contributed by atoms with Crippen LogP contribution in [0, 0.1) is 17.8 Å². The fourth-order valence-corrected chi connectivity index (χ4v) is 3.78. The summed E-state index contributed by atoms with van der Waals surface area (Å²) < 4.78 is 0. The van der Waals surface area contributed by atoms with Crippen molar-refractivity contribution in [2.75, 3.05) is 13.1 Å². The normalized spacial score (nSPS) is 29.4. The van der Waals surface area contributed by atoms with Gasteiger partial charge in [0.05, 0.1) is 12.0 Å². The summed E-state index contributed by atoms with van der Waals surface area (Å²) in [5.74, 6) is 0.560. The minimum absolute atomic E-state index is 0.126. The summed E-state index contributed by atoms with van der Waals surface area (Å²) in [6.45, 7) is 1.61. The highest BCUT2D eigenvalue weighted by atomic mass is 16.4. The van der Waals surface area contributed by atoms with E-state index < -0.39 is 5.97 Å². The Kier molecular flexibility index (Phi) is 6.30. The maximum atomic E-state index is 10.9. The lowest BCUT2D eigenvalue weighted by molar-refractivity contribution is -0.143. The van der Waals surface area contributed by atoms with E-state index in [0.29, 0.717) is 12.5 Å². The molecule has 116 valence electrons. The molecule has 2 aliphatic rings. The van der Waals surface area contributed by atoms with Crippen molar-refractivity contribution in [2.45, 2.75) is 63.9 Å². The van der Waals surface area contributed by atoms with Gasteiger partial charge in [-0.1, -0.05) is 25.7 Å². The largest absolute Gasteiger partial charge is 0.481 e. The minimum Gasteiger partial charge on any atom is -0.481 e. The van der Waals surface area contributed by atoms with Gasteiger partial charge in [-0.3, -0.25) is 4.79 Å². The van der Waals surface area contributed by atoms with Crippen molar-refractivity contribution in [2.24, 2.45) is 17.8 Å². The topological polar surface area (TPSA) is 69.6 Å². The zero-order chi connectivity index (χ0) is 14.4. The summed E-state index contributed by atoms with van der Waals surface area (Å²) in [7, 11) is 0. The number of nitrogens with one attached hydrogen (secondary N) is 1. The summed E-state index contributed by atoms with van der Waals surface area (Å²) >= 11 is 0. The van der Waals surface area contributed by atoms with Crippen LogP contribution < -0.4 is 5.32 Å². The van der Waals surface area contributed by atoms with Crippen LogP contribution in [-0.2, 0) is 4.79 Å². The van der Waals surface area contributed by atoms with Crippen LogP contribution in [0.3, 0.4) is 0 Å². The van der Waals surface area contributed by atoms with Crippen LogP contribution in [-0.4, -0.2) is 35.4 Å². The third-order valence-corrected chi connectivity index (χ3v) is 5.09. The lowest BCUT2D eigenvalue weighted by atomic mass is 9.82. The Balaban J connectivity index is 1.53. The van der Waals surface area contributed by atoms with Crippen LogP contribution in [0.15, 0.2) is 0 Å². The molecule has 0 heterocycles. The average Bonchev–Trinajstić information content (AvgIpc) is 2.92. The van der Waals surface area contributed by atoms with Gasteiger partial charge >= 0.3 is 5.97 Å². The van der Waals surface area contributed by atoms with Crippen molar-refractivity contribution in [1.82, 2.24) is 5.32 Å². The molecule has 2 saturated carbocycles. The van der Waals surface area contributed by atoms with E-state index >= 15 is 0 Å². The third kappa shape index (κ3) is 5.06. The van der Waals surface area contributed by atoms with Crippen LogP contribution in [0.2, 0.25) is 0 Å². The van der Waals surface area contributed by atoms with E-state index in [-0.39, 0.29) is 12.0 Å². The third-order valence-electron chi connectivity index (χ3n) is 5.09. The number of aliphatic hydroxyl groups excluding tert-OH is 1. The molecule has 0 aliphatic heterocycles. The highest BCUT2D eigenvalue weighted by Crippen LogP contribution is 2.29. The van der Waals surface area contributed by atoms with Gasteiger partial charge in [0.15, 0.2) is 0 Å². The van der Waals surface area contributed by atoms with Gasteiger partial charge in [-0.25, -0.2) is 0 Å². The molecule has 0 aromatic carbocycles. The van der Waals surface area contributed by atoms with Gasteiger partial charge in [0, 0.05) is 6.54 Å². The van der Waals surface area contributed by atoms with Crippen LogP contribution in [0.1, 0.15) is 57.8 Å². The van der Waals surface area contributed by atoms with Crippen molar-refractivity contribution >= 4 is 5.97 Å². The number of carboxylic acids is 1. The van der Waals surface area contributed by atoms with Crippen LogP contribution in [0.25, 0.3) is 0 Å². The van der Waals surface area contributed by atoms with Crippen LogP contribution in [0.4, 0.5) is 0 Å². The predicted octanol–water partition coefficient (Wildman–Crippen LogP) is 2.41. The first-order valence-electron chi connectivity index (χ1n) is 8.26. The number of aliphatic carboxylic acids is 1. The van der Waals surface area contributed by atoms with Gasteiger partial charge < -0.3 is 15.5 Å². The minimum atomic E-state index is -0.636. The Labute approximate surface area is 122 Å². The highest BCUT2D eigenvalue weighted by molar-refractivity contribution is 5.69. The lowest BCUT2D eigenvalue weighted by Gasteiger charge is -2.26. The molecule has 4 heteroatoms. The number of carboxylic acid groups (broad SMARTS) is 1. The summed E-state index contributed by atoms with van der Waals surface area (Å²) in [5, 5.41) is 22.3. The Morgan fingerprint density at radius 1 is 1.05 bits per heavy atom. The molecule has 0 saturated heterocycles. The van der Waals surface area contributed by atoms with E-state index in [4.69, 9.17) is 5.11 Å². The Morgan fingerprint density at radius 2 is 1.70 bits per heavy atom. The van der Waals surface area contributed by atoms with Gasteiger partial charge in [-0.15, -0.1) is 0 Å². The van der Waals surface area contributed by atoms with E-state index in [1.807, 2.05) is 0 Å². The second-order valence-corrected chi connectivity index (χ2v) is 6.75. The molecule has 0 aromatic heterocycles. The SMILES string of the molecule is O=C(O)C1CCC(CNCC(O)CC2CCCC2)CC1. The Bertz CT molecular complexity index is 294. The van der Waals surface area contributed by atoms with E-state index in [0.717, 1.165) is 44.6 Å². The highest BCUT2D eigenvalue weighted by Gasteiger charge is 2.25. The van der Waals surface area contributed by atoms with Gasteiger partial charge in [0.25, 0.3) is 0 Å². The first-order chi connectivity index (χ1) is 9.65. The van der Waals surface area contributed by atoms with Crippen molar-refractivity contribution < 1.29 is 15.0 Å². The van der Waals surface area contributed by atoms with E-state index in [9.17, 15) is 9.90 Å². The molecule has 4 nitrogen and oxygen atoms in total. The first kappa shape index (κ1) is 15.8. The van der Waals surface area contributed by atoms with E-state index in [1.165, 1.54) is 25.7 Å². The van der Waals surface area contributed by atoms with Gasteiger partial charge in [0.1, 0.15) is 0 Å². The van der Waals surface area contributed by atoms with Crippen molar-refractivity contribution in [3.05, 3.63) is 0 Å². The second kappa shape index (κ2) is 7.99. The quantitative estimate of drug-likeness (QED) is 0.671. The molecule has 2 fully saturated rings. The van der Waals surface area contributed by atoms with Crippen LogP contribution in [0.5, 0.6) is 0 Å². The molecular weight excluding hydrogens is 254 g/mol. The molecule has 2 aliphatic carbocycles. The summed E-state index contributed by atoms with van der Waals surface area (Å²) in [6.07, 6.45) is 9.60. The molecule has 2 rings (SSSR count). The molecule has 0 aromatic rings. The number of carbonyl (C=O) groups is 1. The second-order valence-electron chi connectivity index (χ2n) is 6.75. The number of hydrogen-bond donors (Lipinski definition) is 3. The fourth-order valence-electron chi connectivity index (χ4n) is 3.78.